The zero-order valence-electron chi connectivity index (χ0n) is 22.5. The molecule has 0 bridgehead atoms. The van der Waals surface area contributed by atoms with Crippen molar-refractivity contribution in [2.75, 3.05) is 25.4 Å². The third-order valence-electron chi connectivity index (χ3n) is 5.86. The maximum Gasteiger partial charge on any atom is 0.268 e. The molecule has 4 N–H and O–H groups in total. The number of nitrogens with one attached hydrogen (secondary N) is 2. The molecule has 40 heavy (non-hydrogen) atoms. The fourth-order valence-corrected chi connectivity index (χ4v) is 5.11. The Morgan fingerprint density at radius 3 is 2.38 bits per heavy atom. The van der Waals surface area contributed by atoms with Crippen molar-refractivity contribution in [3.8, 4) is 16.9 Å². The highest BCUT2D eigenvalue weighted by molar-refractivity contribution is 7.90. The van der Waals surface area contributed by atoms with Gasteiger partial charge in [-0.15, -0.1) is 12.4 Å². The summed E-state index contributed by atoms with van der Waals surface area (Å²) in [5.74, 6) is -0.847. The van der Waals surface area contributed by atoms with Crippen molar-refractivity contribution in [2.45, 2.75) is 38.9 Å². The van der Waals surface area contributed by atoms with Gasteiger partial charge in [0, 0.05) is 18.2 Å². The molecule has 0 unspecified atom stereocenters. The van der Waals surface area contributed by atoms with E-state index < -0.39 is 22.0 Å². The summed E-state index contributed by atoms with van der Waals surface area (Å²) in [6.45, 7) is 4.47. The molecule has 0 fully saturated rings. The van der Waals surface area contributed by atoms with Crippen molar-refractivity contribution in [3.05, 3.63) is 88.4 Å². The van der Waals surface area contributed by atoms with Crippen molar-refractivity contribution in [1.29, 1.82) is 0 Å². The molecule has 3 aromatic rings. The van der Waals surface area contributed by atoms with Gasteiger partial charge in [-0.3, -0.25) is 4.79 Å². The topological polar surface area (TPSA) is 125 Å². The van der Waals surface area contributed by atoms with Crippen LogP contribution in [0.1, 0.15) is 47.9 Å². The molecule has 0 aromatic heterocycles. The van der Waals surface area contributed by atoms with Crippen LogP contribution >= 0.6 is 24.0 Å². The second-order valence-electron chi connectivity index (χ2n) is 9.43. The first-order valence-electron chi connectivity index (χ1n) is 12.8. The van der Waals surface area contributed by atoms with Gasteiger partial charge in [-0.25, -0.2) is 13.1 Å². The summed E-state index contributed by atoms with van der Waals surface area (Å²) in [4.78, 5) is 12.7. The van der Waals surface area contributed by atoms with E-state index in [4.69, 9.17) is 21.4 Å². The van der Waals surface area contributed by atoms with Gasteiger partial charge in [0.2, 0.25) is 10.0 Å². The lowest BCUT2D eigenvalue weighted by molar-refractivity contribution is 0.0975. The summed E-state index contributed by atoms with van der Waals surface area (Å²) < 4.78 is 32.1. The summed E-state index contributed by atoms with van der Waals surface area (Å²) >= 11 is 5.99. The zero-order chi connectivity index (χ0) is 28.4. The summed E-state index contributed by atoms with van der Waals surface area (Å²) in [6.07, 6.45) is -0.0636. The number of amides is 1. The van der Waals surface area contributed by atoms with Gasteiger partial charge < -0.3 is 20.3 Å². The quantitative estimate of drug-likeness (QED) is 0.198. The first kappa shape index (κ1) is 33.5. The fraction of sp³-hybridized carbons (Fsp3) is 0.345. The van der Waals surface area contributed by atoms with E-state index in [-0.39, 0.29) is 48.6 Å². The normalized spacial score (nSPS) is 12.1. The molecule has 0 aliphatic carbocycles. The predicted molar refractivity (Wildman–Crippen MR) is 161 cm³/mol. The van der Waals surface area contributed by atoms with Crippen molar-refractivity contribution < 1.29 is 28.2 Å². The average molecular weight is 612 g/mol. The molecule has 8 nitrogen and oxygen atoms in total. The molecule has 0 aliphatic heterocycles. The lowest BCUT2D eigenvalue weighted by atomic mass is 10.0. The van der Waals surface area contributed by atoms with Gasteiger partial charge in [0.1, 0.15) is 5.75 Å². The minimum atomic E-state index is -3.87. The molecule has 0 spiro atoms. The van der Waals surface area contributed by atoms with E-state index in [1.54, 1.807) is 30.3 Å². The van der Waals surface area contributed by atoms with Gasteiger partial charge in [-0.05, 0) is 79.8 Å². The minimum absolute atomic E-state index is 0. The van der Waals surface area contributed by atoms with E-state index in [0.29, 0.717) is 18.1 Å². The van der Waals surface area contributed by atoms with Crippen LogP contribution in [-0.4, -0.2) is 56.1 Å². The van der Waals surface area contributed by atoms with Crippen LogP contribution in [0.2, 0.25) is 5.02 Å². The van der Waals surface area contributed by atoms with E-state index >= 15 is 0 Å². The van der Waals surface area contributed by atoms with Gasteiger partial charge >= 0.3 is 0 Å². The molecule has 1 atom stereocenters. The van der Waals surface area contributed by atoms with Crippen molar-refractivity contribution >= 4 is 39.9 Å². The zero-order valence-corrected chi connectivity index (χ0v) is 24.9. The Morgan fingerprint density at radius 2 is 1.73 bits per heavy atom. The highest BCUT2D eigenvalue weighted by Crippen LogP contribution is 2.29. The molecule has 3 aromatic carbocycles. The predicted octanol–water partition coefficient (Wildman–Crippen LogP) is 4.52. The van der Waals surface area contributed by atoms with Gasteiger partial charge in [-0.2, -0.15) is 0 Å². The second-order valence-corrected chi connectivity index (χ2v) is 11.7. The minimum Gasteiger partial charge on any atom is -0.490 e. The molecule has 0 heterocycles. The Labute approximate surface area is 247 Å². The number of hydrogen-bond donors (Lipinski definition) is 4. The molecule has 3 rings (SSSR count). The van der Waals surface area contributed by atoms with Gasteiger partial charge in [0.15, 0.2) is 0 Å². The Balaban J connectivity index is 0.00000560. The Bertz CT molecular complexity index is 1350. The second kappa shape index (κ2) is 16.0. The maximum atomic E-state index is 12.7. The molecular weight excluding hydrogens is 575 g/mol. The Kier molecular flexibility index (Phi) is 13.4. The number of carbonyl (C=O) groups is 1. The van der Waals surface area contributed by atoms with E-state index in [1.165, 1.54) is 0 Å². The number of sulfonamides is 1. The highest BCUT2D eigenvalue weighted by Gasteiger charge is 2.20. The van der Waals surface area contributed by atoms with E-state index in [2.05, 4.69) is 5.32 Å². The molecule has 0 aliphatic rings. The molecule has 0 saturated heterocycles. The lowest BCUT2D eigenvalue weighted by Gasteiger charge is -2.16. The van der Waals surface area contributed by atoms with Crippen LogP contribution in [0, 0.1) is 0 Å². The van der Waals surface area contributed by atoms with Crippen molar-refractivity contribution in [3.63, 3.8) is 0 Å². The Hall–Kier alpha value is -2.66. The number of aliphatic hydroxyl groups is 2. The van der Waals surface area contributed by atoms with Crippen LogP contribution < -0.4 is 14.8 Å². The summed E-state index contributed by atoms with van der Waals surface area (Å²) in [7, 11) is -3.87. The van der Waals surface area contributed by atoms with Crippen molar-refractivity contribution in [2.24, 2.45) is 0 Å². The number of carbonyl (C=O) groups excluding carboxylic acids is 1. The van der Waals surface area contributed by atoms with E-state index in [0.717, 1.165) is 28.7 Å². The largest absolute Gasteiger partial charge is 0.490 e. The number of halogens is 2. The van der Waals surface area contributed by atoms with Crippen LogP contribution in [-0.2, 0) is 16.4 Å². The average Bonchev–Trinajstić information content (AvgIpc) is 2.89. The molecule has 0 radical (unpaired) electrons. The highest BCUT2D eigenvalue weighted by atomic mass is 35.5. The molecule has 0 saturated carbocycles. The summed E-state index contributed by atoms with van der Waals surface area (Å²) in [5.41, 5.74) is 3.74. The van der Waals surface area contributed by atoms with Crippen LogP contribution in [0.3, 0.4) is 0 Å². The maximum absolute atomic E-state index is 12.7. The number of hydrogen-bond acceptors (Lipinski definition) is 7. The lowest BCUT2D eigenvalue weighted by Crippen LogP contribution is -2.33. The first-order valence-corrected chi connectivity index (χ1v) is 14.8. The van der Waals surface area contributed by atoms with Crippen LogP contribution in [0.25, 0.3) is 11.1 Å². The van der Waals surface area contributed by atoms with Crippen molar-refractivity contribution in [1.82, 2.24) is 10.0 Å². The first-order chi connectivity index (χ1) is 18.6. The third-order valence-corrected chi connectivity index (χ3v) is 7.41. The fourth-order valence-electron chi connectivity index (χ4n) is 3.91. The number of aliphatic hydroxyl groups excluding tert-OH is 2. The third kappa shape index (κ3) is 10.4. The number of ether oxygens (including phenoxy) is 1. The number of rotatable bonds is 14. The van der Waals surface area contributed by atoms with Gasteiger partial charge in [0.25, 0.3) is 5.91 Å². The smallest absolute Gasteiger partial charge is 0.268 e. The Morgan fingerprint density at radius 1 is 1.02 bits per heavy atom. The van der Waals surface area contributed by atoms with E-state index in [9.17, 15) is 18.3 Å². The summed E-state index contributed by atoms with van der Waals surface area (Å²) in [5, 5.41) is 23.1. The standard InChI is InChI=1S/C29H35ClN2O6S.ClH/c1-20(2)38-28-18-23(11-12-26(28)29(35)32-39(36,37)16-4-15-33)22-9-7-21(8-10-22)13-14-31-19-27(34)24-5-3-6-25(30)17-24;/h3,5-12,17-18,20,27,31,33-34H,4,13-16,19H2,1-2H3,(H,32,35);1H/t27-;/m0./s1. The van der Waals surface area contributed by atoms with Crippen LogP contribution in [0.5, 0.6) is 5.75 Å². The molecule has 218 valence electrons. The monoisotopic (exact) mass is 610 g/mol. The molecular formula is C29H36Cl2N2O6S. The van der Waals surface area contributed by atoms with Gasteiger partial charge in [-0.1, -0.05) is 54.1 Å². The molecule has 1 amide bonds. The number of benzene rings is 3. The van der Waals surface area contributed by atoms with E-state index in [1.807, 2.05) is 55.0 Å². The summed E-state index contributed by atoms with van der Waals surface area (Å²) in [6, 6.07) is 20.2. The van der Waals surface area contributed by atoms with Gasteiger partial charge in [0.05, 0.1) is 23.5 Å². The van der Waals surface area contributed by atoms with Crippen LogP contribution in [0.15, 0.2) is 66.7 Å². The SMILES string of the molecule is CC(C)Oc1cc(-c2ccc(CCNC[C@H](O)c3cccc(Cl)c3)cc2)ccc1C(=O)NS(=O)(=O)CCCO.Cl. The molecule has 11 heteroatoms. The van der Waals surface area contributed by atoms with Crippen LogP contribution in [0.4, 0.5) is 0 Å².